The molecule has 1 atom stereocenters. The van der Waals surface area contributed by atoms with Gasteiger partial charge in [-0.25, -0.2) is 18.4 Å². The second kappa shape index (κ2) is 7.81. The van der Waals surface area contributed by atoms with Crippen LogP contribution >= 0.6 is 0 Å². The summed E-state index contributed by atoms with van der Waals surface area (Å²) in [5, 5.41) is 9.04. The molecule has 0 radical (unpaired) electrons. The van der Waals surface area contributed by atoms with E-state index in [2.05, 4.69) is 16.9 Å². The summed E-state index contributed by atoms with van der Waals surface area (Å²) in [4.78, 5) is 8.20. The zero-order valence-electron chi connectivity index (χ0n) is 14.5. The molecule has 7 nitrogen and oxygen atoms in total. The molecule has 1 aliphatic rings. The minimum atomic E-state index is -3.56. The van der Waals surface area contributed by atoms with Gasteiger partial charge in [-0.3, -0.25) is 0 Å². The zero-order chi connectivity index (χ0) is 18.6. The molecule has 1 aromatic carbocycles. The summed E-state index contributed by atoms with van der Waals surface area (Å²) < 4.78 is 32.7. The van der Waals surface area contributed by atoms with E-state index < -0.39 is 10.0 Å². The predicted molar refractivity (Wildman–Crippen MR) is 95.0 cm³/mol. The first-order chi connectivity index (χ1) is 12.5. The Balaban J connectivity index is 1.70. The maximum absolute atomic E-state index is 12.8. The van der Waals surface area contributed by atoms with Crippen LogP contribution in [0.15, 0.2) is 41.6 Å². The topological polar surface area (TPSA) is 96.2 Å². The van der Waals surface area contributed by atoms with E-state index in [1.165, 1.54) is 16.7 Å². The molecular formula is C18H20N4O3S. The Labute approximate surface area is 153 Å². The Morgan fingerprint density at radius 1 is 1.27 bits per heavy atom. The number of nitrogens with zero attached hydrogens (tertiary/aromatic N) is 4. The fourth-order valence-electron chi connectivity index (χ4n) is 2.92. The van der Waals surface area contributed by atoms with Crippen LogP contribution in [0.25, 0.3) is 0 Å². The van der Waals surface area contributed by atoms with Gasteiger partial charge in [0.1, 0.15) is 12.2 Å². The lowest BCUT2D eigenvalue weighted by molar-refractivity contribution is 0.205. The summed E-state index contributed by atoms with van der Waals surface area (Å²) in [7, 11) is -3.56. The Bertz CT molecular complexity index is 907. The molecule has 1 aromatic heterocycles. The molecule has 26 heavy (non-hydrogen) atoms. The second-order valence-electron chi connectivity index (χ2n) is 6.11. The molecule has 2 heterocycles. The van der Waals surface area contributed by atoms with Gasteiger partial charge in [0.25, 0.3) is 5.88 Å². The van der Waals surface area contributed by atoms with Crippen LogP contribution in [0.1, 0.15) is 31.0 Å². The number of ether oxygens (including phenoxy) is 1. The van der Waals surface area contributed by atoms with Gasteiger partial charge in [-0.1, -0.05) is 25.5 Å². The SMILES string of the molecule is CCCc1ccc(S(=O)(=O)N2CCC(Oc3nccnc3C#N)C2)cc1. The van der Waals surface area contributed by atoms with Crippen molar-refractivity contribution in [1.82, 2.24) is 14.3 Å². The molecule has 1 fully saturated rings. The highest BCUT2D eigenvalue weighted by atomic mass is 32.2. The standard InChI is InChI=1S/C18H20N4O3S/c1-2-3-14-4-6-16(7-5-14)26(23,24)22-11-8-15(13-22)25-18-17(12-19)20-9-10-21-18/h4-7,9-10,15H,2-3,8,11,13H2,1H3. The minimum Gasteiger partial charge on any atom is -0.471 e. The van der Waals surface area contributed by atoms with Crippen LogP contribution in [0.4, 0.5) is 0 Å². The third-order valence-electron chi connectivity index (χ3n) is 4.26. The molecule has 0 spiro atoms. The van der Waals surface area contributed by atoms with E-state index >= 15 is 0 Å². The fraction of sp³-hybridized carbons (Fsp3) is 0.389. The lowest BCUT2D eigenvalue weighted by Crippen LogP contribution is -2.31. The highest BCUT2D eigenvalue weighted by Gasteiger charge is 2.34. The molecule has 8 heteroatoms. The Kier molecular flexibility index (Phi) is 5.49. The third kappa shape index (κ3) is 3.84. The van der Waals surface area contributed by atoms with E-state index in [9.17, 15) is 8.42 Å². The maximum Gasteiger partial charge on any atom is 0.251 e. The molecule has 136 valence electrons. The summed E-state index contributed by atoms with van der Waals surface area (Å²) in [5.74, 6) is 0.142. The van der Waals surface area contributed by atoms with Crippen LogP contribution in [-0.4, -0.2) is 41.9 Å². The number of hydrogen-bond acceptors (Lipinski definition) is 6. The molecule has 1 aliphatic heterocycles. The Morgan fingerprint density at radius 3 is 2.69 bits per heavy atom. The van der Waals surface area contributed by atoms with Gasteiger partial charge < -0.3 is 4.74 Å². The first-order valence-electron chi connectivity index (χ1n) is 8.51. The lowest BCUT2D eigenvalue weighted by Gasteiger charge is -2.17. The van der Waals surface area contributed by atoms with Crippen LogP contribution in [0.3, 0.4) is 0 Å². The molecule has 1 unspecified atom stereocenters. The van der Waals surface area contributed by atoms with Crippen molar-refractivity contribution in [3.63, 3.8) is 0 Å². The van der Waals surface area contributed by atoms with Crippen molar-refractivity contribution in [3.05, 3.63) is 47.9 Å². The van der Waals surface area contributed by atoms with E-state index in [1.54, 1.807) is 12.1 Å². The van der Waals surface area contributed by atoms with Gasteiger partial charge in [0, 0.05) is 18.9 Å². The van der Waals surface area contributed by atoms with Crippen molar-refractivity contribution < 1.29 is 13.2 Å². The monoisotopic (exact) mass is 372 g/mol. The first kappa shape index (κ1) is 18.3. The smallest absolute Gasteiger partial charge is 0.251 e. The molecule has 0 bridgehead atoms. The summed E-state index contributed by atoms with van der Waals surface area (Å²) in [5.41, 5.74) is 1.22. The molecule has 0 saturated carbocycles. The number of nitriles is 1. The maximum atomic E-state index is 12.8. The van der Waals surface area contributed by atoms with Gasteiger partial charge in [0.15, 0.2) is 0 Å². The summed E-state index contributed by atoms with van der Waals surface area (Å²) >= 11 is 0. The molecule has 2 aromatic rings. The fourth-order valence-corrected chi connectivity index (χ4v) is 4.41. The minimum absolute atomic E-state index is 0.0975. The number of aryl methyl sites for hydroxylation is 1. The summed E-state index contributed by atoms with van der Waals surface area (Å²) in [6, 6.07) is 8.96. The lowest BCUT2D eigenvalue weighted by atomic mass is 10.1. The van der Waals surface area contributed by atoms with E-state index in [1.807, 2.05) is 18.2 Å². The van der Waals surface area contributed by atoms with Crippen LogP contribution in [0, 0.1) is 11.3 Å². The Morgan fingerprint density at radius 2 is 2.00 bits per heavy atom. The highest BCUT2D eigenvalue weighted by Crippen LogP contribution is 2.24. The van der Waals surface area contributed by atoms with Crippen LogP contribution in [0.5, 0.6) is 5.88 Å². The van der Waals surface area contributed by atoms with Crippen LogP contribution in [0.2, 0.25) is 0 Å². The third-order valence-corrected chi connectivity index (χ3v) is 6.14. The number of sulfonamides is 1. The molecule has 0 amide bonds. The van der Waals surface area contributed by atoms with Gasteiger partial charge >= 0.3 is 0 Å². The molecular weight excluding hydrogens is 352 g/mol. The number of benzene rings is 1. The average molecular weight is 372 g/mol. The van der Waals surface area contributed by atoms with Crippen LogP contribution in [-0.2, 0) is 16.4 Å². The summed E-state index contributed by atoms with van der Waals surface area (Å²) in [6.45, 7) is 2.68. The average Bonchev–Trinajstić information content (AvgIpc) is 3.12. The number of aromatic nitrogens is 2. The van der Waals surface area contributed by atoms with E-state index in [0.717, 1.165) is 18.4 Å². The van der Waals surface area contributed by atoms with E-state index in [-0.39, 0.29) is 29.1 Å². The molecule has 0 N–H and O–H groups in total. The summed E-state index contributed by atoms with van der Waals surface area (Å²) in [6.07, 6.45) is 4.99. The molecule has 3 rings (SSSR count). The van der Waals surface area contributed by atoms with Crippen LogP contribution < -0.4 is 4.74 Å². The Hall–Kier alpha value is -2.50. The van der Waals surface area contributed by atoms with Crippen molar-refractivity contribution in [3.8, 4) is 11.9 Å². The quantitative estimate of drug-likeness (QED) is 0.771. The van der Waals surface area contributed by atoms with Gasteiger partial charge in [-0.15, -0.1) is 0 Å². The first-order valence-corrected chi connectivity index (χ1v) is 9.95. The van der Waals surface area contributed by atoms with Crippen molar-refractivity contribution in [2.75, 3.05) is 13.1 Å². The number of hydrogen-bond donors (Lipinski definition) is 0. The molecule has 0 aliphatic carbocycles. The van der Waals surface area contributed by atoms with Gasteiger partial charge in [-0.2, -0.15) is 9.57 Å². The van der Waals surface area contributed by atoms with Gasteiger partial charge in [-0.05, 0) is 30.5 Å². The normalized spacial score (nSPS) is 17.8. The van der Waals surface area contributed by atoms with Gasteiger partial charge in [0.05, 0.1) is 11.4 Å². The largest absolute Gasteiger partial charge is 0.471 e. The van der Waals surface area contributed by atoms with Gasteiger partial charge in [0.2, 0.25) is 15.7 Å². The van der Waals surface area contributed by atoms with Crippen molar-refractivity contribution in [2.24, 2.45) is 0 Å². The van der Waals surface area contributed by atoms with E-state index in [4.69, 9.17) is 10.00 Å². The second-order valence-corrected chi connectivity index (χ2v) is 8.05. The van der Waals surface area contributed by atoms with Crippen molar-refractivity contribution in [2.45, 2.75) is 37.2 Å². The van der Waals surface area contributed by atoms with Crippen molar-refractivity contribution >= 4 is 10.0 Å². The number of rotatable bonds is 6. The van der Waals surface area contributed by atoms with Crippen molar-refractivity contribution in [1.29, 1.82) is 5.26 Å². The predicted octanol–water partition coefficient (Wildman–Crippen LogP) is 2.14. The molecule has 1 saturated heterocycles. The van der Waals surface area contributed by atoms with E-state index in [0.29, 0.717) is 13.0 Å². The highest BCUT2D eigenvalue weighted by molar-refractivity contribution is 7.89. The zero-order valence-corrected chi connectivity index (χ0v) is 15.3.